The van der Waals surface area contributed by atoms with Crippen LogP contribution in [0.4, 0.5) is 10.1 Å². The zero-order chi connectivity index (χ0) is 14.1. The van der Waals surface area contributed by atoms with E-state index in [4.69, 9.17) is 4.74 Å². The zero-order valence-electron chi connectivity index (χ0n) is 11.6. The summed E-state index contributed by atoms with van der Waals surface area (Å²) in [7, 11) is 1.38. The predicted molar refractivity (Wildman–Crippen MR) is 72.4 cm³/mol. The van der Waals surface area contributed by atoms with Crippen molar-refractivity contribution in [3.8, 4) is 0 Å². The second-order valence-electron chi connectivity index (χ2n) is 5.74. The molecule has 104 valence electrons. The number of methoxy groups -OCH3 is 1. The van der Waals surface area contributed by atoms with Crippen molar-refractivity contribution in [1.29, 1.82) is 0 Å². The maximum atomic E-state index is 13.8. The molecule has 1 aliphatic rings. The van der Waals surface area contributed by atoms with Crippen molar-refractivity contribution in [2.75, 3.05) is 12.4 Å². The van der Waals surface area contributed by atoms with Crippen LogP contribution in [-0.2, 0) is 9.53 Å². The summed E-state index contributed by atoms with van der Waals surface area (Å²) in [4.78, 5) is 12.3. The fraction of sp³-hybridized carbons (Fsp3) is 0.533. The highest BCUT2D eigenvalue weighted by Crippen LogP contribution is 2.48. The maximum absolute atomic E-state index is 13.8. The Morgan fingerprint density at radius 1 is 1.32 bits per heavy atom. The van der Waals surface area contributed by atoms with Gasteiger partial charge in [-0.25, -0.2) is 9.18 Å². The first-order chi connectivity index (χ1) is 8.93. The summed E-state index contributed by atoms with van der Waals surface area (Å²) in [5.74, 6) is -0.674. The molecule has 1 N–H and O–H groups in total. The maximum Gasteiger partial charge on any atom is 0.332 e. The highest BCUT2D eigenvalue weighted by atomic mass is 19.1. The number of anilines is 1. The average Bonchev–Trinajstić information content (AvgIpc) is 2.67. The Bertz CT molecular complexity index is 487. The lowest BCUT2D eigenvalue weighted by Crippen LogP contribution is -2.54. The first kappa shape index (κ1) is 13.8. The molecule has 0 bridgehead atoms. The molecule has 1 unspecified atom stereocenters. The van der Waals surface area contributed by atoms with Gasteiger partial charge in [-0.05, 0) is 36.8 Å². The molecule has 2 rings (SSSR count). The summed E-state index contributed by atoms with van der Waals surface area (Å²) in [6, 6.07) is 6.41. The molecule has 4 heteroatoms. The Morgan fingerprint density at radius 3 is 2.53 bits per heavy atom. The molecule has 19 heavy (non-hydrogen) atoms. The standard InChI is InChI=1S/C15H20FNO2/c1-14(2)9-6-10-15(14,13(18)19-3)17-12-8-5-4-7-11(12)16/h4-5,7-8,17H,6,9-10H2,1-3H3. The van der Waals surface area contributed by atoms with Gasteiger partial charge in [0.2, 0.25) is 0 Å². The summed E-state index contributed by atoms with van der Waals surface area (Å²) >= 11 is 0. The summed E-state index contributed by atoms with van der Waals surface area (Å²) < 4.78 is 18.8. The normalized spacial score (nSPS) is 25.1. The van der Waals surface area contributed by atoms with Crippen molar-refractivity contribution in [3.63, 3.8) is 0 Å². The molecule has 1 aromatic carbocycles. The number of para-hydroxylation sites is 1. The van der Waals surface area contributed by atoms with E-state index in [9.17, 15) is 9.18 Å². The summed E-state index contributed by atoms with van der Waals surface area (Å²) in [6.07, 6.45) is 2.48. The third-order valence-corrected chi connectivity index (χ3v) is 4.26. The minimum absolute atomic E-state index is 0.275. The van der Waals surface area contributed by atoms with Crippen LogP contribution in [0.5, 0.6) is 0 Å². The van der Waals surface area contributed by atoms with Crippen molar-refractivity contribution < 1.29 is 13.9 Å². The third kappa shape index (κ3) is 2.20. The van der Waals surface area contributed by atoms with Crippen molar-refractivity contribution in [1.82, 2.24) is 0 Å². The van der Waals surface area contributed by atoms with Gasteiger partial charge in [-0.15, -0.1) is 0 Å². The van der Waals surface area contributed by atoms with Gasteiger partial charge in [0.05, 0.1) is 12.8 Å². The molecule has 0 saturated heterocycles. The van der Waals surface area contributed by atoms with Gasteiger partial charge in [0, 0.05) is 0 Å². The number of hydrogen-bond acceptors (Lipinski definition) is 3. The molecule has 0 spiro atoms. The number of esters is 1. The van der Waals surface area contributed by atoms with Crippen LogP contribution in [-0.4, -0.2) is 18.6 Å². The summed E-state index contributed by atoms with van der Waals surface area (Å²) in [5, 5.41) is 3.11. The number of rotatable bonds is 3. The fourth-order valence-corrected chi connectivity index (χ4v) is 2.98. The van der Waals surface area contributed by atoms with E-state index in [0.29, 0.717) is 12.1 Å². The van der Waals surface area contributed by atoms with E-state index >= 15 is 0 Å². The van der Waals surface area contributed by atoms with Gasteiger partial charge in [0.25, 0.3) is 0 Å². The van der Waals surface area contributed by atoms with Crippen LogP contribution in [0.1, 0.15) is 33.1 Å². The van der Waals surface area contributed by atoms with E-state index in [1.165, 1.54) is 13.2 Å². The van der Waals surface area contributed by atoms with Gasteiger partial charge in [-0.3, -0.25) is 0 Å². The quantitative estimate of drug-likeness (QED) is 0.852. The Morgan fingerprint density at radius 2 is 2.00 bits per heavy atom. The summed E-state index contributed by atoms with van der Waals surface area (Å²) in [6.45, 7) is 4.04. The number of carbonyl (C=O) groups excluding carboxylic acids is 1. The lowest BCUT2D eigenvalue weighted by atomic mass is 9.74. The lowest BCUT2D eigenvalue weighted by molar-refractivity contribution is -0.149. The highest BCUT2D eigenvalue weighted by Gasteiger charge is 2.55. The van der Waals surface area contributed by atoms with E-state index in [0.717, 1.165) is 12.8 Å². The van der Waals surface area contributed by atoms with Crippen molar-refractivity contribution in [2.24, 2.45) is 5.41 Å². The van der Waals surface area contributed by atoms with Crippen molar-refractivity contribution in [3.05, 3.63) is 30.1 Å². The Kier molecular flexibility index (Phi) is 3.52. The molecule has 0 radical (unpaired) electrons. The Balaban J connectivity index is 2.41. The van der Waals surface area contributed by atoms with Gasteiger partial charge in [0.1, 0.15) is 11.4 Å². The van der Waals surface area contributed by atoms with Crippen molar-refractivity contribution >= 4 is 11.7 Å². The van der Waals surface area contributed by atoms with E-state index in [2.05, 4.69) is 5.32 Å². The lowest BCUT2D eigenvalue weighted by Gasteiger charge is -2.40. The van der Waals surface area contributed by atoms with Crippen LogP contribution in [0.25, 0.3) is 0 Å². The highest BCUT2D eigenvalue weighted by molar-refractivity contribution is 5.86. The van der Waals surface area contributed by atoms with Crippen LogP contribution in [0.15, 0.2) is 24.3 Å². The number of carbonyl (C=O) groups is 1. The van der Waals surface area contributed by atoms with E-state index < -0.39 is 5.54 Å². The molecule has 3 nitrogen and oxygen atoms in total. The molecular weight excluding hydrogens is 245 g/mol. The van der Waals surface area contributed by atoms with Gasteiger partial charge in [0.15, 0.2) is 0 Å². The van der Waals surface area contributed by atoms with Gasteiger partial charge < -0.3 is 10.1 Å². The number of hydrogen-bond donors (Lipinski definition) is 1. The number of nitrogens with one attached hydrogen (secondary N) is 1. The first-order valence-corrected chi connectivity index (χ1v) is 6.54. The largest absolute Gasteiger partial charge is 0.467 e. The van der Waals surface area contributed by atoms with Gasteiger partial charge >= 0.3 is 5.97 Å². The molecule has 1 aliphatic carbocycles. The average molecular weight is 265 g/mol. The van der Waals surface area contributed by atoms with E-state index in [1.54, 1.807) is 18.2 Å². The smallest absolute Gasteiger partial charge is 0.332 e. The molecule has 0 aliphatic heterocycles. The van der Waals surface area contributed by atoms with Gasteiger partial charge in [-0.2, -0.15) is 0 Å². The number of benzene rings is 1. The molecule has 0 aromatic heterocycles. The minimum Gasteiger partial charge on any atom is -0.467 e. The van der Waals surface area contributed by atoms with E-state index in [-0.39, 0.29) is 17.2 Å². The predicted octanol–water partition coefficient (Wildman–Crippen LogP) is 3.36. The van der Waals surface area contributed by atoms with Gasteiger partial charge in [-0.1, -0.05) is 26.0 Å². The SMILES string of the molecule is COC(=O)C1(Nc2ccccc2F)CCCC1(C)C. The third-order valence-electron chi connectivity index (χ3n) is 4.26. The van der Waals surface area contributed by atoms with Crippen LogP contribution in [0, 0.1) is 11.2 Å². The molecule has 0 amide bonds. The van der Waals surface area contributed by atoms with Crippen LogP contribution < -0.4 is 5.32 Å². The van der Waals surface area contributed by atoms with Crippen LogP contribution in [0.2, 0.25) is 0 Å². The summed E-state index contributed by atoms with van der Waals surface area (Å²) in [5.41, 5.74) is -0.783. The van der Waals surface area contributed by atoms with Crippen LogP contribution in [0.3, 0.4) is 0 Å². The second-order valence-corrected chi connectivity index (χ2v) is 5.74. The first-order valence-electron chi connectivity index (χ1n) is 6.54. The topological polar surface area (TPSA) is 38.3 Å². The van der Waals surface area contributed by atoms with Crippen molar-refractivity contribution in [2.45, 2.75) is 38.6 Å². The Labute approximate surface area is 113 Å². The van der Waals surface area contributed by atoms with Crippen LogP contribution >= 0.6 is 0 Å². The monoisotopic (exact) mass is 265 g/mol. The second kappa shape index (κ2) is 4.83. The molecule has 1 aromatic rings. The molecule has 1 fully saturated rings. The fourth-order valence-electron chi connectivity index (χ4n) is 2.98. The van der Waals surface area contributed by atoms with E-state index in [1.807, 2.05) is 13.8 Å². The minimum atomic E-state index is -0.857. The molecule has 1 saturated carbocycles. The number of halogens is 1. The Hall–Kier alpha value is -1.58. The zero-order valence-corrected chi connectivity index (χ0v) is 11.6. The number of ether oxygens (including phenoxy) is 1. The molecule has 0 heterocycles. The molecular formula is C15H20FNO2. The molecule has 1 atom stereocenters.